The number of nitrogens with zero attached hydrogens (tertiary/aromatic N) is 1. The van der Waals surface area contributed by atoms with Crippen molar-refractivity contribution in [3.63, 3.8) is 0 Å². The van der Waals surface area contributed by atoms with Gasteiger partial charge in [-0.25, -0.2) is 8.42 Å². The first-order valence-corrected chi connectivity index (χ1v) is 13.3. The molecule has 2 aromatic carbocycles. The molecule has 0 fully saturated rings. The third-order valence-corrected chi connectivity index (χ3v) is 8.74. The molecule has 3 aromatic rings. The molecular formula is C25H24N2O5S2. The van der Waals surface area contributed by atoms with E-state index in [1.807, 2.05) is 18.2 Å². The Bertz CT molecular complexity index is 1510. The van der Waals surface area contributed by atoms with Gasteiger partial charge in [0.25, 0.3) is 0 Å². The lowest BCUT2D eigenvalue weighted by Crippen LogP contribution is -2.44. The van der Waals surface area contributed by atoms with Crippen LogP contribution in [0.25, 0.3) is 21.9 Å². The number of thioether (sulfide) groups is 1. The van der Waals surface area contributed by atoms with E-state index in [-0.39, 0.29) is 10.9 Å². The summed E-state index contributed by atoms with van der Waals surface area (Å²) in [7, 11) is -4.04. The van der Waals surface area contributed by atoms with Crippen LogP contribution >= 0.6 is 11.8 Å². The first-order valence-electron chi connectivity index (χ1n) is 11.0. The lowest BCUT2D eigenvalue weighted by molar-refractivity contribution is -0.140. The summed E-state index contributed by atoms with van der Waals surface area (Å²) in [5.41, 5.74) is 3.30. The standard InChI is InChI=1S/C25H24N2O5S2/c1-13(2)23(25(28)29)27-34(30,31)16-6-7-17-18-11-15(5-9-20(18)32-21(17)12-16)24-26-19-8-4-14(3)10-22(19)33-24/h4-13,19,22-23,27H,1-3H3,(H,28,29)/t19?,22?,23-/m0/s1. The summed E-state index contributed by atoms with van der Waals surface area (Å²) in [4.78, 5) is 16.3. The first-order chi connectivity index (χ1) is 16.1. The number of carboxylic acids is 1. The summed E-state index contributed by atoms with van der Waals surface area (Å²) in [5, 5.41) is 12.3. The average Bonchev–Trinajstić information content (AvgIpc) is 3.36. The molecule has 1 aliphatic heterocycles. The maximum absolute atomic E-state index is 12.8. The highest BCUT2D eigenvalue weighted by Gasteiger charge is 2.30. The zero-order valence-corrected chi connectivity index (χ0v) is 20.5. The second kappa shape index (κ2) is 8.41. The Kier molecular flexibility index (Phi) is 5.66. The van der Waals surface area contributed by atoms with Gasteiger partial charge in [-0.2, -0.15) is 4.72 Å². The predicted octanol–water partition coefficient (Wildman–Crippen LogP) is 4.72. The van der Waals surface area contributed by atoms with Gasteiger partial charge in [-0.15, -0.1) is 0 Å². The van der Waals surface area contributed by atoms with E-state index in [1.165, 1.54) is 17.7 Å². The summed E-state index contributed by atoms with van der Waals surface area (Å²) in [6, 6.07) is 9.39. The molecule has 1 aliphatic carbocycles. The van der Waals surface area contributed by atoms with Crippen LogP contribution in [0.2, 0.25) is 0 Å². The van der Waals surface area contributed by atoms with Crippen LogP contribution in [0.15, 0.2) is 74.5 Å². The molecule has 176 valence electrons. The Morgan fingerprint density at radius 2 is 1.94 bits per heavy atom. The summed E-state index contributed by atoms with van der Waals surface area (Å²) in [6.07, 6.45) is 6.47. The fourth-order valence-corrected chi connectivity index (χ4v) is 6.83. The van der Waals surface area contributed by atoms with Crippen molar-refractivity contribution in [1.29, 1.82) is 0 Å². The molecule has 0 amide bonds. The van der Waals surface area contributed by atoms with Crippen LogP contribution in [0.5, 0.6) is 0 Å². The van der Waals surface area contributed by atoms with Crippen molar-refractivity contribution in [2.45, 2.75) is 43.0 Å². The number of hydrogen-bond donors (Lipinski definition) is 2. The zero-order chi connectivity index (χ0) is 24.2. The molecule has 2 heterocycles. The second-order valence-electron chi connectivity index (χ2n) is 8.93. The van der Waals surface area contributed by atoms with Crippen LogP contribution in [-0.4, -0.2) is 41.9 Å². The van der Waals surface area contributed by atoms with E-state index in [1.54, 1.807) is 31.7 Å². The Morgan fingerprint density at radius 3 is 2.68 bits per heavy atom. The number of sulfonamides is 1. The van der Waals surface area contributed by atoms with Crippen LogP contribution < -0.4 is 4.72 Å². The number of hydrogen-bond acceptors (Lipinski definition) is 6. The monoisotopic (exact) mass is 496 g/mol. The highest BCUT2D eigenvalue weighted by molar-refractivity contribution is 8.15. The Labute approximate surface area is 201 Å². The maximum atomic E-state index is 12.8. The van der Waals surface area contributed by atoms with Crippen molar-refractivity contribution in [2.75, 3.05) is 0 Å². The summed E-state index contributed by atoms with van der Waals surface area (Å²) >= 11 is 1.74. The van der Waals surface area contributed by atoms with Crippen molar-refractivity contribution < 1.29 is 22.7 Å². The van der Waals surface area contributed by atoms with Gasteiger partial charge >= 0.3 is 5.97 Å². The quantitative estimate of drug-likeness (QED) is 0.511. The third kappa shape index (κ3) is 4.08. The van der Waals surface area contributed by atoms with Gasteiger partial charge in [-0.1, -0.05) is 49.4 Å². The smallest absolute Gasteiger partial charge is 0.322 e. The predicted molar refractivity (Wildman–Crippen MR) is 135 cm³/mol. The number of aliphatic carboxylic acids is 1. The van der Waals surface area contributed by atoms with Crippen LogP contribution in [0.3, 0.4) is 0 Å². The van der Waals surface area contributed by atoms with E-state index in [4.69, 9.17) is 9.41 Å². The summed E-state index contributed by atoms with van der Waals surface area (Å²) in [5.74, 6) is -1.62. The fraction of sp³-hybridized carbons (Fsp3) is 0.280. The number of carboxylic acid groups (broad SMARTS) is 1. The Hall–Kier alpha value is -2.88. The molecule has 2 unspecified atom stereocenters. The van der Waals surface area contributed by atoms with Gasteiger partial charge in [0, 0.05) is 22.4 Å². The number of aliphatic imine (C=N–C) groups is 1. The number of allylic oxidation sites excluding steroid dienone is 2. The molecular weight excluding hydrogens is 472 g/mol. The molecule has 3 atom stereocenters. The SMILES string of the molecule is CC1=CC2SC(c3ccc4oc5cc(S(=O)(=O)N[C@H](C(=O)O)C(C)C)ccc5c4c3)=NC2C=C1. The lowest BCUT2D eigenvalue weighted by atomic mass is 10.0. The topological polar surface area (TPSA) is 109 Å². The Balaban J connectivity index is 1.49. The number of nitrogens with one attached hydrogen (secondary N) is 1. The molecule has 9 heteroatoms. The molecule has 1 aromatic heterocycles. The molecule has 0 saturated heterocycles. The largest absolute Gasteiger partial charge is 0.480 e. The molecule has 0 radical (unpaired) electrons. The lowest BCUT2D eigenvalue weighted by Gasteiger charge is -2.17. The molecule has 0 spiro atoms. The van der Waals surface area contributed by atoms with Gasteiger partial charge in [-0.3, -0.25) is 9.79 Å². The van der Waals surface area contributed by atoms with Crippen molar-refractivity contribution in [3.05, 3.63) is 65.8 Å². The van der Waals surface area contributed by atoms with Gasteiger partial charge in [0.2, 0.25) is 10.0 Å². The number of fused-ring (bicyclic) bond motifs is 4. The van der Waals surface area contributed by atoms with Crippen LogP contribution in [0.4, 0.5) is 0 Å². The Morgan fingerprint density at radius 1 is 1.15 bits per heavy atom. The number of benzene rings is 2. The van der Waals surface area contributed by atoms with E-state index in [2.05, 4.69) is 29.9 Å². The molecule has 7 nitrogen and oxygen atoms in total. The second-order valence-corrected chi connectivity index (χ2v) is 11.8. The van der Waals surface area contributed by atoms with Gasteiger partial charge in [-0.05, 0) is 43.2 Å². The number of carbonyl (C=O) groups is 1. The van der Waals surface area contributed by atoms with Crippen molar-refractivity contribution >= 4 is 54.7 Å². The molecule has 5 rings (SSSR count). The summed E-state index contributed by atoms with van der Waals surface area (Å²) < 4.78 is 33.9. The van der Waals surface area contributed by atoms with Crippen molar-refractivity contribution in [2.24, 2.45) is 10.9 Å². The number of rotatable bonds is 6. The van der Waals surface area contributed by atoms with Gasteiger partial charge in [0.15, 0.2) is 0 Å². The van der Waals surface area contributed by atoms with Gasteiger partial charge in [0.1, 0.15) is 17.2 Å². The van der Waals surface area contributed by atoms with E-state index in [9.17, 15) is 18.3 Å². The fourth-order valence-electron chi connectivity index (χ4n) is 4.20. The highest BCUT2D eigenvalue weighted by atomic mass is 32.2. The highest BCUT2D eigenvalue weighted by Crippen LogP contribution is 2.37. The van der Waals surface area contributed by atoms with E-state index in [0.717, 1.165) is 21.4 Å². The van der Waals surface area contributed by atoms with Crippen LogP contribution in [0.1, 0.15) is 26.3 Å². The van der Waals surface area contributed by atoms with Crippen molar-refractivity contribution in [3.8, 4) is 0 Å². The first kappa shape index (κ1) is 22.9. The minimum absolute atomic E-state index is 0.0417. The van der Waals surface area contributed by atoms with Gasteiger partial charge in [0.05, 0.1) is 21.2 Å². The van der Waals surface area contributed by atoms with E-state index in [0.29, 0.717) is 16.4 Å². The molecule has 2 aliphatic rings. The molecule has 2 N–H and O–H groups in total. The summed E-state index contributed by atoms with van der Waals surface area (Å²) in [6.45, 7) is 5.39. The van der Waals surface area contributed by atoms with Crippen LogP contribution in [-0.2, 0) is 14.8 Å². The molecule has 0 bridgehead atoms. The van der Waals surface area contributed by atoms with E-state index >= 15 is 0 Å². The van der Waals surface area contributed by atoms with E-state index < -0.39 is 28.0 Å². The average molecular weight is 497 g/mol. The molecule has 0 saturated carbocycles. The van der Waals surface area contributed by atoms with Crippen molar-refractivity contribution in [1.82, 2.24) is 4.72 Å². The zero-order valence-electron chi connectivity index (χ0n) is 18.8. The molecule has 34 heavy (non-hydrogen) atoms. The number of furan rings is 1. The minimum atomic E-state index is -4.04. The van der Waals surface area contributed by atoms with Gasteiger partial charge < -0.3 is 9.52 Å². The minimum Gasteiger partial charge on any atom is -0.480 e. The van der Waals surface area contributed by atoms with Crippen LogP contribution in [0, 0.1) is 5.92 Å². The third-order valence-electron chi connectivity index (χ3n) is 6.05. The maximum Gasteiger partial charge on any atom is 0.322 e. The normalized spacial score (nSPS) is 21.1.